The molecule has 0 aromatic carbocycles. The van der Waals surface area contributed by atoms with E-state index < -0.39 is 0 Å². The first kappa shape index (κ1) is 12.0. The lowest BCUT2D eigenvalue weighted by Gasteiger charge is -2.20. The Hall–Kier alpha value is -1.07. The highest BCUT2D eigenvalue weighted by Gasteiger charge is 2.07. The second-order valence-electron chi connectivity index (χ2n) is 3.64. The number of nitrogens with one attached hydrogen (secondary N) is 1. The SMILES string of the molecule is CC(CNc1nc(Cl)ncc1N)N(C)C. The zero-order chi connectivity index (χ0) is 11.4. The highest BCUT2D eigenvalue weighted by atomic mass is 35.5. The summed E-state index contributed by atoms with van der Waals surface area (Å²) >= 11 is 5.67. The van der Waals surface area contributed by atoms with Crippen molar-refractivity contribution in [1.82, 2.24) is 14.9 Å². The third kappa shape index (κ3) is 3.53. The van der Waals surface area contributed by atoms with Crippen LogP contribution in [-0.2, 0) is 0 Å². The normalized spacial score (nSPS) is 12.9. The summed E-state index contributed by atoms with van der Waals surface area (Å²) < 4.78 is 0. The number of halogens is 1. The van der Waals surface area contributed by atoms with E-state index in [1.54, 1.807) is 0 Å². The monoisotopic (exact) mass is 229 g/mol. The molecule has 0 aliphatic rings. The van der Waals surface area contributed by atoms with Crippen molar-refractivity contribution in [2.24, 2.45) is 0 Å². The molecule has 1 atom stereocenters. The molecule has 1 aromatic heterocycles. The smallest absolute Gasteiger partial charge is 0.224 e. The molecule has 0 fully saturated rings. The van der Waals surface area contributed by atoms with Crippen LogP contribution in [0.5, 0.6) is 0 Å². The van der Waals surface area contributed by atoms with Gasteiger partial charge in [-0.2, -0.15) is 4.98 Å². The molecule has 0 aliphatic heterocycles. The van der Waals surface area contributed by atoms with Gasteiger partial charge in [0.15, 0.2) is 5.82 Å². The summed E-state index contributed by atoms with van der Waals surface area (Å²) in [5.74, 6) is 0.587. The third-order valence-electron chi connectivity index (χ3n) is 2.23. The predicted molar refractivity (Wildman–Crippen MR) is 63.1 cm³/mol. The number of hydrogen-bond acceptors (Lipinski definition) is 5. The summed E-state index contributed by atoms with van der Waals surface area (Å²) in [6.07, 6.45) is 1.50. The molecule has 0 radical (unpaired) electrons. The predicted octanol–water partition coefficient (Wildman–Crippen LogP) is 1.07. The quantitative estimate of drug-likeness (QED) is 0.757. The van der Waals surface area contributed by atoms with Gasteiger partial charge >= 0.3 is 0 Å². The van der Waals surface area contributed by atoms with Crippen LogP contribution in [0.4, 0.5) is 11.5 Å². The average Bonchev–Trinajstić information content (AvgIpc) is 2.18. The Labute approximate surface area is 94.6 Å². The molecule has 0 saturated heterocycles. The van der Waals surface area contributed by atoms with Crippen LogP contribution in [0.2, 0.25) is 5.28 Å². The molecule has 0 aliphatic carbocycles. The largest absolute Gasteiger partial charge is 0.394 e. The van der Waals surface area contributed by atoms with Gasteiger partial charge in [-0.05, 0) is 32.6 Å². The molecule has 3 N–H and O–H groups in total. The second-order valence-corrected chi connectivity index (χ2v) is 3.97. The summed E-state index contributed by atoms with van der Waals surface area (Å²) in [7, 11) is 4.03. The molecule has 84 valence electrons. The van der Waals surface area contributed by atoms with Crippen molar-refractivity contribution in [3.05, 3.63) is 11.5 Å². The van der Waals surface area contributed by atoms with E-state index in [0.717, 1.165) is 6.54 Å². The standard InChI is InChI=1S/C9H16ClN5/c1-6(15(2)3)4-12-8-7(11)5-13-9(10)14-8/h5-6H,4,11H2,1-3H3,(H,12,13,14). The van der Waals surface area contributed by atoms with Crippen molar-refractivity contribution < 1.29 is 0 Å². The summed E-state index contributed by atoms with van der Waals surface area (Å²) in [6.45, 7) is 2.86. The molecule has 0 saturated carbocycles. The van der Waals surface area contributed by atoms with E-state index in [9.17, 15) is 0 Å². The van der Waals surface area contributed by atoms with E-state index in [2.05, 4.69) is 27.1 Å². The third-order valence-corrected chi connectivity index (χ3v) is 2.42. The number of nitrogens with zero attached hydrogens (tertiary/aromatic N) is 3. The van der Waals surface area contributed by atoms with Crippen molar-refractivity contribution in [1.29, 1.82) is 0 Å². The minimum atomic E-state index is 0.198. The lowest BCUT2D eigenvalue weighted by Crippen LogP contribution is -2.31. The van der Waals surface area contributed by atoms with Crippen molar-refractivity contribution in [3.8, 4) is 0 Å². The number of nitrogens with two attached hydrogens (primary N) is 1. The summed E-state index contributed by atoms with van der Waals surface area (Å²) in [5, 5.41) is 3.33. The van der Waals surface area contributed by atoms with E-state index in [1.165, 1.54) is 6.20 Å². The molecule has 1 rings (SSSR count). The lowest BCUT2D eigenvalue weighted by atomic mass is 10.3. The maximum atomic E-state index is 5.69. The van der Waals surface area contributed by atoms with Crippen molar-refractivity contribution >= 4 is 23.1 Å². The Morgan fingerprint density at radius 3 is 2.87 bits per heavy atom. The fraction of sp³-hybridized carbons (Fsp3) is 0.556. The molecule has 6 heteroatoms. The fourth-order valence-electron chi connectivity index (χ4n) is 0.938. The van der Waals surface area contributed by atoms with Gasteiger partial charge in [0.25, 0.3) is 0 Å². The molecule has 0 amide bonds. The van der Waals surface area contributed by atoms with Gasteiger partial charge in [0, 0.05) is 12.6 Å². The van der Waals surface area contributed by atoms with Gasteiger partial charge in [-0.25, -0.2) is 4.98 Å². The average molecular weight is 230 g/mol. The van der Waals surface area contributed by atoms with E-state index >= 15 is 0 Å². The van der Waals surface area contributed by atoms with Crippen LogP contribution in [0.25, 0.3) is 0 Å². The van der Waals surface area contributed by atoms with Gasteiger partial charge in [-0.1, -0.05) is 0 Å². The summed E-state index contributed by atoms with van der Waals surface area (Å²) in [4.78, 5) is 9.89. The Morgan fingerprint density at radius 2 is 2.27 bits per heavy atom. The van der Waals surface area contributed by atoms with E-state index in [4.69, 9.17) is 17.3 Å². The summed E-state index contributed by atoms with van der Waals surface area (Å²) in [5.41, 5.74) is 6.20. The van der Waals surface area contributed by atoms with E-state index in [1.807, 2.05) is 14.1 Å². The maximum absolute atomic E-state index is 5.69. The Morgan fingerprint density at radius 1 is 1.60 bits per heavy atom. The first-order chi connectivity index (χ1) is 7.00. The topological polar surface area (TPSA) is 67.1 Å². The van der Waals surface area contributed by atoms with Gasteiger partial charge in [-0.15, -0.1) is 0 Å². The molecule has 0 spiro atoms. The molecule has 1 heterocycles. The van der Waals surface area contributed by atoms with E-state index in [-0.39, 0.29) is 5.28 Å². The Bertz CT molecular complexity index is 328. The van der Waals surface area contributed by atoms with Crippen LogP contribution < -0.4 is 11.1 Å². The first-order valence-electron chi connectivity index (χ1n) is 4.69. The number of rotatable bonds is 4. The van der Waals surface area contributed by atoms with E-state index in [0.29, 0.717) is 17.5 Å². The zero-order valence-corrected chi connectivity index (χ0v) is 9.91. The van der Waals surface area contributed by atoms with Crippen molar-refractivity contribution in [2.75, 3.05) is 31.7 Å². The number of nitrogen functional groups attached to an aromatic ring is 1. The highest BCUT2D eigenvalue weighted by Crippen LogP contribution is 2.15. The molecular formula is C9H16ClN5. The molecule has 0 bridgehead atoms. The second kappa shape index (κ2) is 5.14. The van der Waals surface area contributed by atoms with Crippen LogP contribution in [0, 0.1) is 0 Å². The fourth-order valence-corrected chi connectivity index (χ4v) is 1.07. The summed E-state index contributed by atoms with van der Waals surface area (Å²) in [6, 6.07) is 0.387. The maximum Gasteiger partial charge on any atom is 0.224 e. The van der Waals surface area contributed by atoms with Gasteiger partial charge in [0.2, 0.25) is 5.28 Å². The van der Waals surface area contributed by atoms with Crippen LogP contribution in [0.15, 0.2) is 6.20 Å². The van der Waals surface area contributed by atoms with Crippen LogP contribution >= 0.6 is 11.6 Å². The van der Waals surface area contributed by atoms with Crippen LogP contribution in [0.1, 0.15) is 6.92 Å². The molecule has 5 nitrogen and oxygen atoms in total. The molecule has 1 unspecified atom stereocenters. The molecular weight excluding hydrogens is 214 g/mol. The Balaban J connectivity index is 2.61. The van der Waals surface area contributed by atoms with Crippen molar-refractivity contribution in [3.63, 3.8) is 0 Å². The van der Waals surface area contributed by atoms with Crippen LogP contribution in [-0.4, -0.2) is 41.5 Å². The van der Waals surface area contributed by atoms with Gasteiger partial charge < -0.3 is 16.0 Å². The van der Waals surface area contributed by atoms with Gasteiger partial charge in [0.05, 0.1) is 11.9 Å². The Kier molecular flexibility index (Phi) is 4.11. The van der Waals surface area contributed by atoms with Crippen molar-refractivity contribution in [2.45, 2.75) is 13.0 Å². The number of anilines is 2. The number of likely N-dealkylation sites (N-methyl/N-ethyl adjacent to an activating group) is 1. The highest BCUT2D eigenvalue weighted by molar-refractivity contribution is 6.28. The first-order valence-corrected chi connectivity index (χ1v) is 5.07. The lowest BCUT2D eigenvalue weighted by molar-refractivity contribution is 0.326. The van der Waals surface area contributed by atoms with Gasteiger partial charge in [-0.3, -0.25) is 0 Å². The minimum absolute atomic E-state index is 0.198. The van der Waals surface area contributed by atoms with Gasteiger partial charge in [0.1, 0.15) is 0 Å². The molecule has 15 heavy (non-hydrogen) atoms. The zero-order valence-electron chi connectivity index (χ0n) is 9.16. The van der Waals surface area contributed by atoms with Crippen LogP contribution in [0.3, 0.4) is 0 Å². The molecule has 1 aromatic rings. The number of aromatic nitrogens is 2. The minimum Gasteiger partial charge on any atom is -0.394 e. The number of hydrogen-bond donors (Lipinski definition) is 2.